The van der Waals surface area contributed by atoms with Crippen LogP contribution < -0.4 is 19.1 Å². The van der Waals surface area contributed by atoms with Gasteiger partial charge in [0.05, 0.1) is 33.4 Å². The van der Waals surface area contributed by atoms with Gasteiger partial charge in [-0.25, -0.2) is 4.39 Å². The minimum atomic E-state index is -0.304. The molecule has 0 unspecified atom stereocenters. The predicted molar refractivity (Wildman–Crippen MR) is 126 cm³/mol. The number of carbonyl (C=O) groups excluding carboxylic acids is 1. The van der Waals surface area contributed by atoms with Gasteiger partial charge in [0.1, 0.15) is 5.82 Å². The molecule has 1 aliphatic rings. The first-order chi connectivity index (χ1) is 16.5. The number of rotatable bonds is 7. The van der Waals surface area contributed by atoms with Gasteiger partial charge in [0.25, 0.3) is 0 Å². The Hall–Kier alpha value is -3.88. The molecule has 0 aliphatic carbocycles. The zero-order valence-electron chi connectivity index (χ0n) is 19.5. The number of hydrogen-bond acceptors (Lipinski definition) is 7. The second-order valence-corrected chi connectivity index (χ2v) is 7.86. The third kappa shape index (κ3) is 5.03. The fourth-order valence-electron chi connectivity index (χ4n) is 3.95. The molecule has 0 spiro atoms. The maximum Gasteiger partial charge on any atom is 0.227 e. The maximum atomic E-state index is 13.1. The largest absolute Gasteiger partial charge is 0.493 e. The molecule has 1 aliphatic heterocycles. The molecule has 3 aromatic rings. The zero-order chi connectivity index (χ0) is 24.1. The summed E-state index contributed by atoms with van der Waals surface area (Å²) in [7, 11) is 4.70. The summed E-state index contributed by atoms with van der Waals surface area (Å²) in [6.07, 6.45) is 0.267. The second kappa shape index (κ2) is 10.4. The molecular weight excluding hydrogens is 439 g/mol. The summed E-state index contributed by atoms with van der Waals surface area (Å²) in [5.74, 6) is 2.10. The molecule has 1 saturated heterocycles. The Labute approximate surface area is 197 Å². The van der Waals surface area contributed by atoms with Gasteiger partial charge in [-0.05, 0) is 42.0 Å². The standard InChI is InChI=1S/C25H27FN4O4/c1-32-21-15-18(16-22(33-2)25(21)34-3)20-8-9-23(28-27-20)29-10-12-30(13-11-29)24(31)14-17-4-6-19(26)7-5-17/h4-9,15-16H,10-14H2,1-3H3. The Balaban J connectivity index is 1.40. The lowest BCUT2D eigenvalue weighted by Gasteiger charge is -2.35. The molecule has 2 aromatic carbocycles. The number of halogens is 1. The molecule has 0 saturated carbocycles. The van der Waals surface area contributed by atoms with Gasteiger partial charge in [0.15, 0.2) is 17.3 Å². The third-order valence-corrected chi connectivity index (χ3v) is 5.84. The van der Waals surface area contributed by atoms with Crippen LogP contribution in [0, 0.1) is 5.82 Å². The van der Waals surface area contributed by atoms with Crippen molar-refractivity contribution < 1.29 is 23.4 Å². The molecule has 0 N–H and O–H groups in total. The van der Waals surface area contributed by atoms with Crippen molar-refractivity contribution in [3.05, 3.63) is 59.9 Å². The van der Waals surface area contributed by atoms with Crippen LogP contribution in [0.15, 0.2) is 48.5 Å². The van der Waals surface area contributed by atoms with Gasteiger partial charge in [0.2, 0.25) is 11.7 Å². The van der Waals surface area contributed by atoms with E-state index in [-0.39, 0.29) is 18.1 Å². The van der Waals surface area contributed by atoms with Crippen LogP contribution in [0.2, 0.25) is 0 Å². The highest BCUT2D eigenvalue weighted by atomic mass is 19.1. The van der Waals surface area contributed by atoms with Gasteiger partial charge in [0, 0.05) is 31.7 Å². The molecular formula is C25H27FN4O4. The summed E-state index contributed by atoms with van der Waals surface area (Å²) in [4.78, 5) is 16.5. The van der Waals surface area contributed by atoms with Crippen LogP contribution in [-0.4, -0.2) is 68.5 Å². The Morgan fingerprint density at radius 1 is 0.882 bits per heavy atom. The summed E-state index contributed by atoms with van der Waals surface area (Å²) in [5.41, 5.74) is 2.28. The number of hydrogen-bond donors (Lipinski definition) is 0. The van der Waals surface area contributed by atoms with Crippen molar-refractivity contribution >= 4 is 11.7 Å². The number of piperazine rings is 1. The van der Waals surface area contributed by atoms with Crippen molar-refractivity contribution in [2.45, 2.75) is 6.42 Å². The van der Waals surface area contributed by atoms with E-state index in [1.807, 2.05) is 29.2 Å². The van der Waals surface area contributed by atoms with E-state index >= 15 is 0 Å². The van der Waals surface area contributed by atoms with Gasteiger partial charge in [-0.3, -0.25) is 4.79 Å². The fraction of sp³-hybridized carbons (Fsp3) is 0.320. The number of amides is 1. The highest BCUT2D eigenvalue weighted by Crippen LogP contribution is 2.40. The van der Waals surface area contributed by atoms with Crippen molar-refractivity contribution in [1.82, 2.24) is 15.1 Å². The molecule has 0 atom stereocenters. The average Bonchev–Trinajstić information content (AvgIpc) is 2.89. The summed E-state index contributed by atoms with van der Waals surface area (Å²) in [6.45, 7) is 2.51. The molecule has 2 heterocycles. The van der Waals surface area contributed by atoms with E-state index in [0.29, 0.717) is 49.1 Å². The monoisotopic (exact) mass is 466 g/mol. The summed E-state index contributed by atoms with van der Waals surface area (Å²) in [5, 5.41) is 8.80. The van der Waals surface area contributed by atoms with Crippen molar-refractivity contribution in [2.24, 2.45) is 0 Å². The molecule has 0 bridgehead atoms. The number of anilines is 1. The smallest absolute Gasteiger partial charge is 0.227 e. The minimum Gasteiger partial charge on any atom is -0.493 e. The summed E-state index contributed by atoms with van der Waals surface area (Å²) < 4.78 is 29.3. The van der Waals surface area contributed by atoms with Crippen molar-refractivity contribution in [3.8, 4) is 28.5 Å². The van der Waals surface area contributed by atoms with Crippen LogP contribution in [0.4, 0.5) is 10.2 Å². The summed E-state index contributed by atoms with van der Waals surface area (Å²) >= 11 is 0. The molecule has 1 aromatic heterocycles. The number of methoxy groups -OCH3 is 3. The van der Waals surface area contributed by atoms with Gasteiger partial charge in [-0.2, -0.15) is 0 Å². The van der Waals surface area contributed by atoms with Gasteiger partial charge >= 0.3 is 0 Å². The van der Waals surface area contributed by atoms with Crippen LogP contribution in [0.5, 0.6) is 17.2 Å². The van der Waals surface area contributed by atoms with E-state index in [1.54, 1.807) is 33.5 Å². The highest BCUT2D eigenvalue weighted by molar-refractivity contribution is 5.79. The number of carbonyl (C=O) groups is 1. The van der Waals surface area contributed by atoms with Crippen LogP contribution >= 0.6 is 0 Å². The zero-order valence-corrected chi connectivity index (χ0v) is 19.5. The number of nitrogens with zero attached hydrogens (tertiary/aromatic N) is 4. The average molecular weight is 467 g/mol. The maximum absolute atomic E-state index is 13.1. The Morgan fingerprint density at radius 2 is 1.53 bits per heavy atom. The van der Waals surface area contributed by atoms with Crippen LogP contribution in [0.3, 0.4) is 0 Å². The van der Waals surface area contributed by atoms with Crippen molar-refractivity contribution in [3.63, 3.8) is 0 Å². The van der Waals surface area contributed by atoms with E-state index in [0.717, 1.165) is 16.9 Å². The molecule has 0 radical (unpaired) electrons. The first-order valence-corrected chi connectivity index (χ1v) is 10.9. The Morgan fingerprint density at radius 3 is 2.06 bits per heavy atom. The lowest BCUT2D eigenvalue weighted by molar-refractivity contribution is -0.130. The molecule has 4 rings (SSSR count). The molecule has 1 fully saturated rings. The van der Waals surface area contributed by atoms with Crippen LogP contribution in [-0.2, 0) is 11.2 Å². The third-order valence-electron chi connectivity index (χ3n) is 5.84. The number of benzene rings is 2. The fourth-order valence-corrected chi connectivity index (χ4v) is 3.95. The number of aromatic nitrogens is 2. The van der Waals surface area contributed by atoms with Gasteiger partial charge in [-0.1, -0.05) is 12.1 Å². The lowest BCUT2D eigenvalue weighted by atomic mass is 10.1. The van der Waals surface area contributed by atoms with Crippen LogP contribution in [0.25, 0.3) is 11.3 Å². The van der Waals surface area contributed by atoms with E-state index in [2.05, 4.69) is 15.1 Å². The SMILES string of the molecule is COc1cc(-c2ccc(N3CCN(C(=O)Cc4ccc(F)cc4)CC3)nn2)cc(OC)c1OC. The molecule has 178 valence electrons. The minimum absolute atomic E-state index is 0.0371. The molecule has 9 heteroatoms. The second-order valence-electron chi connectivity index (χ2n) is 7.86. The first kappa shape index (κ1) is 23.3. The van der Waals surface area contributed by atoms with E-state index in [4.69, 9.17) is 14.2 Å². The van der Waals surface area contributed by atoms with Crippen molar-refractivity contribution in [1.29, 1.82) is 0 Å². The van der Waals surface area contributed by atoms with Gasteiger partial charge < -0.3 is 24.0 Å². The van der Waals surface area contributed by atoms with E-state index in [1.165, 1.54) is 12.1 Å². The molecule has 1 amide bonds. The van der Waals surface area contributed by atoms with Crippen molar-refractivity contribution in [2.75, 3.05) is 52.4 Å². The molecule has 8 nitrogen and oxygen atoms in total. The van der Waals surface area contributed by atoms with E-state index in [9.17, 15) is 9.18 Å². The summed E-state index contributed by atoms with van der Waals surface area (Å²) in [6, 6.07) is 13.5. The predicted octanol–water partition coefficient (Wildman–Crippen LogP) is 3.20. The highest BCUT2D eigenvalue weighted by Gasteiger charge is 2.22. The van der Waals surface area contributed by atoms with Gasteiger partial charge in [-0.15, -0.1) is 10.2 Å². The Bertz CT molecular complexity index is 1110. The topological polar surface area (TPSA) is 77.0 Å². The van der Waals surface area contributed by atoms with E-state index < -0.39 is 0 Å². The van der Waals surface area contributed by atoms with Crippen LogP contribution in [0.1, 0.15) is 5.56 Å². The lowest BCUT2D eigenvalue weighted by Crippen LogP contribution is -2.49. The Kier molecular flexibility index (Phi) is 7.10. The quantitative estimate of drug-likeness (QED) is 0.529. The molecule has 34 heavy (non-hydrogen) atoms. The normalized spacial score (nSPS) is 13.5. The number of ether oxygens (including phenoxy) is 3. The first-order valence-electron chi connectivity index (χ1n) is 10.9.